The lowest BCUT2D eigenvalue weighted by atomic mass is 9.85. The topological polar surface area (TPSA) is 73.4 Å². The van der Waals surface area contributed by atoms with E-state index in [9.17, 15) is 10.5 Å². The van der Waals surface area contributed by atoms with Gasteiger partial charge in [0.05, 0.1) is 0 Å². The molecule has 170 valence electrons. The number of nitriles is 2. The fraction of sp³-hybridized carbons (Fsp3) is 0. The van der Waals surface area contributed by atoms with Gasteiger partial charge in [-0.15, -0.1) is 11.3 Å². The van der Waals surface area contributed by atoms with Crippen molar-refractivity contribution >= 4 is 53.1 Å². The fourth-order valence-corrected chi connectivity index (χ4v) is 6.44. The summed E-state index contributed by atoms with van der Waals surface area (Å²) in [4.78, 5) is 8.42. The Morgan fingerprint density at radius 3 is 1.65 bits per heavy atom. The second-order valence-electron chi connectivity index (χ2n) is 8.87. The largest absolute Gasteiger partial charge is 0.246 e. The van der Waals surface area contributed by atoms with Crippen molar-refractivity contribution in [2.75, 3.05) is 0 Å². The standard InChI is InChI=1S/C32H16N4S/c33-17-21-13-19(9-11-35-21)31-24-6-1-2-7-25(24)32(20-10-12-36-22(14-20)18-34)28-16-30-26(15-27(28)31)23-5-3-4-8-29(23)37-30/h1-16H. The van der Waals surface area contributed by atoms with Crippen molar-refractivity contribution in [3.8, 4) is 34.4 Å². The maximum absolute atomic E-state index is 9.57. The normalized spacial score (nSPS) is 11.2. The van der Waals surface area contributed by atoms with Crippen molar-refractivity contribution < 1.29 is 0 Å². The molecule has 0 bridgehead atoms. The first kappa shape index (κ1) is 21.2. The van der Waals surface area contributed by atoms with Gasteiger partial charge in [-0.05, 0) is 86.3 Å². The van der Waals surface area contributed by atoms with Crippen LogP contribution in [0.2, 0.25) is 0 Å². The molecule has 0 spiro atoms. The molecule has 3 aromatic heterocycles. The molecule has 7 aromatic rings. The van der Waals surface area contributed by atoms with Crippen LogP contribution in [0.3, 0.4) is 0 Å². The molecule has 0 aliphatic heterocycles. The summed E-state index contributed by atoms with van der Waals surface area (Å²) < 4.78 is 2.45. The molecule has 37 heavy (non-hydrogen) atoms. The molecule has 0 aliphatic rings. The van der Waals surface area contributed by atoms with E-state index in [0.717, 1.165) is 43.8 Å². The van der Waals surface area contributed by atoms with Crippen molar-refractivity contribution in [3.05, 3.63) is 109 Å². The summed E-state index contributed by atoms with van der Waals surface area (Å²) >= 11 is 1.78. The van der Waals surface area contributed by atoms with Gasteiger partial charge in [0.15, 0.2) is 0 Å². The van der Waals surface area contributed by atoms with Crippen LogP contribution in [0, 0.1) is 22.7 Å². The van der Waals surface area contributed by atoms with Gasteiger partial charge in [-0.25, -0.2) is 9.97 Å². The van der Waals surface area contributed by atoms with Gasteiger partial charge in [0.2, 0.25) is 0 Å². The number of rotatable bonds is 2. The molecule has 3 heterocycles. The average molecular weight is 489 g/mol. The Hall–Kier alpha value is -5.10. The maximum atomic E-state index is 9.57. The SMILES string of the molecule is N#Cc1cc(-c2c3ccccc3c(-c3ccnc(C#N)c3)c3cc4c(cc23)sc2ccccc24)ccn1. The summed E-state index contributed by atoms with van der Waals surface area (Å²) in [6, 6.07) is 33.4. The molecule has 0 saturated heterocycles. The third-order valence-electron chi connectivity index (χ3n) is 6.85. The van der Waals surface area contributed by atoms with Crippen LogP contribution in [-0.2, 0) is 0 Å². The Labute approximate surface area is 216 Å². The highest BCUT2D eigenvalue weighted by molar-refractivity contribution is 7.25. The molecule has 4 aromatic carbocycles. The molecule has 4 nitrogen and oxygen atoms in total. The number of thiophene rings is 1. The predicted molar refractivity (Wildman–Crippen MR) is 150 cm³/mol. The smallest absolute Gasteiger partial charge is 0.141 e. The first-order valence-corrected chi connectivity index (χ1v) is 12.6. The van der Waals surface area contributed by atoms with Gasteiger partial charge < -0.3 is 0 Å². The number of nitrogens with zero attached hydrogens (tertiary/aromatic N) is 4. The first-order chi connectivity index (χ1) is 18.2. The third-order valence-corrected chi connectivity index (χ3v) is 7.98. The van der Waals surface area contributed by atoms with Gasteiger partial charge in [-0.1, -0.05) is 42.5 Å². The van der Waals surface area contributed by atoms with Crippen LogP contribution in [0.4, 0.5) is 0 Å². The number of pyridine rings is 2. The van der Waals surface area contributed by atoms with Crippen LogP contribution in [0.1, 0.15) is 11.4 Å². The van der Waals surface area contributed by atoms with Gasteiger partial charge in [0, 0.05) is 32.6 Å². The van der Waals surface area contributed by atoms with E-state index < -0.39 is 0 Å². The van der Waals surface area contributed by atoms with E-state index in [-0.39, 0.29) is 0 Å². The van der Waals surface area contributed by atoms with Crippen LogP contribution < -0.4 is 0 Å². The van der Waals surface area contributed by atoms with Crippen molar-refractivity contribution in [2.45, 2.75) is 0 Å². The van der Waals surface area contributed by atoms with Crippen molar-refractivity contribution in [1.82, 2.24) is 9.97 Å². The minimum absolute atomic E-state index is 0.383. The highest BCUT2D eigenvalue weighted by Gasteiger charge is 2.19. The van der Waals surface area contributed by atoms with E-state index in [0.29, 0.717) is 11.4 Å². The minimum atomic E-state index is 0.383. The number of fused-ring (bicyclic) bond motifs is 5. The van der Waals surface area contributed by atoms with Crippen molar-refractivity contribution in [3.63, 3.8) is 0 Å². The Morgan fingerprint density at radius 1 is 0.514 bits per heavy atom. The molecule has 0 N–H and O–H groups in total. The zero-order valence-electron chi connectivity index (χ0n) is 19.4. The zero-order chi connectivity index (χ0) is 24.9. The molecular formula is C32H16N4S. The Bertz CT molecular complexity index is 2130. The van der Waals surface area contributed by atoms with Crippen molar-refractivity contribution in [2.24, 2.45) is 0 Å². The Morgan fingerprint density at radius 2 is 1.05 bits per heavy atom. The first-order valence-electron chi connectivity index (χ1n) is 11.8. The molecule has 0 aliphatic carbocycles. The lowest BCUT2D eigenvalue weighted by molar-refractivity contribution is 1.27. The van der Waals surface area contributed by atoms with E-state index in [1.807, 2.05) is 36.4 Å². The summed E-state index contributed by atoms with van der Waals surface area (Å²) in [6.07, 6.45) is 3.39. The van der Waals surface area contributed by atoms with Crippen LogP contribution >= 0.6 is 11.3 Å². The number of benzene rings is 4. The number of hydrogen-bond donors (Lipinski definition) is 0. The molecular weight excluding hydrogens is 472 g/mol. The van der Waals surface area contributed by atoms with Crippen LogP contribution in [-0.4, -0.2) is 9.97 Å². The monoisotopic (exact) mass is 488 g/mol. The summed E-state index contributed by atoms with van der Waals surface area (Å²) in [5.74, 6) is 0. The summed E-state index contributed by atoms with van der Waals surface area (Å²) in [6.45, 7) is 0. The minimum Gasteiger partial charge on any atom is -0.246 e. The summed E-state index contributed by atoms with van der Waals surface area (Å²) in [5.41, 5.74) is 4.81. The predicted octanol–water partition coefficient (Wildman–Crippen LogP) is 8.23. The van der Waals surface area contributed by atoms with E-state index in [1.165, 1.54) is 20.2 Å². The molecule has 0 atom stereocenters. The van der Waals surface area contributed by atoms with Gasteiger partial charge in [0.25, 0.3) is 0 Å². The molecule has 0 unspecified atom stereocenters. The maximum Gasteiger partial charge on any atom is 0.141 e. The molecule has 7 rings (SSSR count). The average Bonchev–Trinajstić information content (AvgIpc) is 3.32. The Kier molecular flexibility index (Phi) is 4.72. The molecule has 0 amide bonds. The molecule has 5 heteroatoms. The lowest BCUT2D eigenvalue weighted by Gasteiger charge is -2.18. The van der Waals surface area contributed by atoms with Gasteiger partial charge in [-0.2, -0.15) is 10.5 Å². The highest BCUT2D eigenvalue weighted by Crippen LogP contribution is 2.47. The quantitative estimate of drug-likeness (QED) is 0.230. The van der Waals surface area contributed by atoms with E-state index in [1.54, 1.807) is 23.7 Å². The zero-order valence-corrected chi connectivity index (χ0v) is 20.3. The third kappa shape index (κ3) is 3.27. The summed E-state index contributed by atoms with van der Waals surface area (Å²) in [5, 5.41) is 25.9. The number of aromatic nitrogens is 2. The van der Waals surface area contributed by atoms with Crippen molar-refractivity contribution in [1.29, 1.82) is 10.5 Å². The highest BCUT2D eigenvalue weighted by atomic mass is 32.1. The lowest BCUT2D eigenvalue weighted by Crippen LogP contribution is -1.93. The van der Waals surface area contributed by atoms with Crippen LogP contribution in [0.25, 0.3) is 64.0 Å². The number of hydrogen-bond acceptors (Lipinski definition) is 5. The van der Waals surface area contributed by atoms with Crippen LogP contribution in [0.15, 0.2) is 97.3 Å². The van der Waals surface area contributed by atoms with Gasteiger partial charge >= 0.3 is 0 Å². The van der Waals surface area contributed by atoms with E-state index in [4.69, 9.17) is 0 Å². The van der Waals surface area contributed by atoms with E-state index in [2.05, 4.69) is 70.6 Å². The van der Waals surface area contributed by atoms with Gasteiger partial charge in [-0.3, -0.25) is 0 Å². The summed E-state index contributed by atoms with van der Waals surface area (Å²) in [7, 11) is 0. The van der Waals surface area contributed by atoms with E-state index >= 15 is 0 Å². The van der Waals surface area contributed by atoms with Gasteiger partial charge in [0.1, 0.15) is 23.5 Å². The second kappa shape index (κ2) is 8.24. The Balaban J connectivity index is 1.74. The van der Waals surface area contributed by atoms with Crippen LogP contribution in [0.5, 0.6) is 0 Å². The molecule has 0 fully saturated rings. The fourth-order valence-electron chi connectivity index (χ4n) is 5.31. The molecule has 0 saturated carbocycles. The molecule has 0 radical (unpaired) electrons. The second-order valence-corrected chi connectivity index (χ2v) is 9.95.